The predicted molar refractivity (Wildman–Crippen MR) is 136 cm³/mol. The molecule has 1 rings (SSSR count). The van der Waals surface area contributed by atoms with E-state index in [1.165, 1.54) is 4.90 Å². The van der Waals surface area contributed by atoms with Gasteiger partial charge in [-0.3, -0.25) is 19.4 Å². The van der Waals surface area contributed by atoms with Crippen molar-refractivity contribution in [2.24, 2.45) is 33.8 Å². The summed E-state index contributed by atoms with van der Waals surface area (Å²) >= 11 is 0. The number of carboxylic acids is 1. The number of guanidine groups is 1. The molecule has 5 atom stereocenters. The fraction of sp³-hybridized carbons (Fsp3) is 0.783. The number of amides is 3. The third-order valence-electron chi connectivity index (χ3n) is 6.52. The molecule has 3 amide bonds. The molecule has 0 spiro atoms. The Balaban J connectivity index is 3.04. The van der Waals surface area contributed by atoms with Crippen LogP contribution in [0.25, 0.3) is 0 Å². The van der Waals surface area contributed by atoms with Gasteiger partial charge in [-0.15, -0.1) is 0 Å². The van der Waals surface area contributed by atoms with Gasteiger partial charge < -0.3 is 43.6 Å². The highest BCUT2D eigenvalue weighted by atomic mass is 16.4. The van der Waals surface area contributed by atoms with Crippen LogP contribution in [0.1, 0.15) is 65.2 Å². The smallest absolute Gasteiger partial charge is 0.326 e. The molecule has 1 aliphatic heterocycles. The fourth-order valence-corrected chi connectivity index (χ4v) is 4.06. The Morgan fingerprint density at radius 1 is 1.06 bits per heavy atom. The minimum atomic E-state index is -1.07. The van der Waals surface area contributed by atoms with Gasteiger partial charge in [0.2, 0.25) is 17.7 Å². The van der Waals surface area contributed by atoms with E-state index in [4.69, 9.17) is 22.9 Å². The maximum atomic E-state index is 13.3. The molecule has 0 radical (unpaired) electrons. The third kappa shape index (κ3) is 9.97. The van der Waals surface area contributed by atoms with Gasteiger partial charge >= 0.3 is 5.97 Å². The number of likely N-dealkylation sites (tertiary alicyclic amines) is 1. The summed E-state index contributed by atoms with van der Waals surface area (Å²) in [6, 6.07) is -3.63. The molecule has 0 aromatic heterocycles. The van der Waals surface area contributed by atoms with Crippen LogP contribution in [0.2, 0.25) is 0 Å². The van der Waals surface area contributed by atoms with E-state index in [2.05, 4.69) is 15.6 Å². The number of nitrogens with one attached hydrogen (secondary N) is 2. The van der Waals surface area contributed by atoms with E-state index in [1.807, 2.05) is 13.8 Å². The summed E-state index contributed by atoms with van der Waals surface area (Å²) in [6.07, 6.45) is 3.74. The quantitative estimate of drug-likeness (QED) is 0.0729. The first-order valence-electron chi connectivity index (χ1n) is 12.7. The van der Waals surface area contributed by atoms with Gasteiger partial charge in [-0.2, -0.15) is 0 Å². The number of hydrogen-bond donors (Lipinski definition) is 7. The van der Waals surface area contributed by atoms with E-state index in [0.29, 0.717) is 58.0 Å². The number of unbranched alkanes of at least 4 members (excludes halogenated alkanes) is 1. The molecule has 0 aromatic carbocycles. The van der Waals surface area contributed by atoms with Gasteiger partial charge in [0.05, 0.1) is 6.04 Å². The maximum Gasteiger partial charge on any atom is 0.326 e. The van der Waals surface area contributed by atoms with Crippen molar-refractivity contribution in [3.05, 3.63) is 0 Å². The molecule has 13 heteroatoms. The Bertz CT molecular complexity index is 774. The summed E-state index contributed by atoms with van der Waals surface area (Å²) in [4.78, 5) is 56.1. The average Bonchev–Trinajstić information content (AvgIpc) is 3.34. The second-order valence-electron chi connectivity index (χ2n) is 9.29. The summed E-state index contributed by atoms with van der Waals surface area (Å²) in [6.45, 7) is 4.75. The molecule has 0 saturated carbocycles. The van der Waals surface area contributed by atoms with Crippen molar-refractivity contribution in [3.63, 3.8) is 0 Å². The van der Waals surface area contributed by atoms with Crippen molar-refractivity contribution < 1.29 is 24.3 Å². The molecule has 36 heavy (non-hydrogen) atoms. The van der Waals surface area contributed by atoms with Gasteiger partial charge in [-0.25, -0.2) is 4.79 Å². The topological polar surface area (TPSA) is 232 Å². The molecule has 0 aromatic rings. The van der Waals surface area contributed by atoms with Crippen LogP contribution in [-0.2, 0) is 19.2 Å². The number of carbonyl (C=O) groups excluding carboxylic acids is 3. The highest BCUT2D eigenvalue weighted by molar-refractivity contribution is 5.94. The van der Waals surface area contributed by atoms with E-state index in [0.717, 1.165) is 0 Å². The Kier molecular flexibility index (Phi) is 13.8. The number of carboxylic acid groups (broad SMARTS) is 1. The van der Waals surface area contributed by atoms with Crippen molar-refractivity contribution in [2.45, 2.75) is 89.4 Å². The molecule has 1 saturated heterocycles. The number of rotatable bonds is 16. The van der Waals surface area contributed by atoms with Gasteiger partial charge in [-0.05, 0) is 57.4 Å². The van der Waals surface area contributed by atoms with Crippen LogP contribution in [0.4, 0.5) is 0 Å². The van der Waals surface area contributed by atoms with E-state index in [-0.39, 0.29) is 24.8 Å². The highest BCUT2D eigenvalue weighted by Crippen LogP contribution is 2.20. The van der Waals surface area contributed by atoms with Crippen LogP contribution in [-0.4, -0.2) is 83.5 Å². The highest BCUT2D eigenvalue weighted by Gasteiger charge is 2.38. The van der Waals surface area contributed by atoms with Gasteiger partial charge in [-0.1, -0.05) is 20.3 Å². The number of carbonyl (C=O) groups is 4. The molecule has 5 unspecified atom stereocenters. The van der Waals surface area contributed by atoms with Gasteiger partial charge in [0.1, 0.15) is 18.1 Å². The lowest BCUT2D eigenvalue weighted by molar-refractivity contribution is -0.149. The van der Waals surface area contributed by atoms with Crippen molar-refractivity contribution in [2.75, 3.05) is 19.6 Å². The second-order valence-corrected chi connectivity index (χ2v) is 9.29. The number of nitrogens with two attached hydrogens (primary N) is 4. The Hall–Kier alpha value is -2.93. The zero-order valence-electron chi connectivity index (χ0n) is 21.4. The first-order valence-corrected chi connectivity index (χ1v) is 12.7. The van der Waals surface area contributed by atoms with Gasteiger partial charge in [0.15, 0.2) is 5.96 Å². The molecule has 206 valence electrons. The maximum absolute atomic E-state index is 13.3. The second kappa shape index (κ2) is 15.9. The Morgan fingerprint density at radius 3 is 2.28 bits per heavy atom. The molecule has 0 bridgehead atoms. The predicted octanol–water partition coefficient (Wildman–Crippen LogP) is -1.41. The normalized spacial score (nSPS) is 18.6. The van der Waals surface area contributed by atoms with E-state index >= 15 is 0 Å². The first-order chi connectivity index (χ1) is 17.0. The largest absolute Gasteiger partial charge is 0.480 e. The van der Waals surface area contributed by atoms with E-state index in [9.17, 15) is 24.3 Å². The Morgan fingerprint density at radius 2 is 1.69 bits per heavy atom. The summed E-state index contributed by atoms with van der Waals surface area (Å²) in [5, 5.41) is 14.9. The molecule has 1 fully saturated rings. The lowest BCUT2D eigenvalue weighted by Gasteiger charge is -2.29. The average molecular weight is 513 g/mol. The molecule has 0 aliphatic carbocycles. The zero-order chi connectivity index (χ0) is 27.3. The van der Waals surface area contributed by atoms with Crippen LogP contribution in [0.5, 0.6) is 0 Å². The summed E-state index contributed by atoms with van der Waals surface area (Å²) in [5.41, 5.74) is 22.3. The summed E-state index contributed by atoms with van der Waals surface area (Å²) < 4.78 is 0. The number of aliphatic imine (C=N–C) groups is 1. The van der Waals surface area contributed by atoms with Crippen molar-refractivity contribution in [1.82, 2.24) is 15.5 Å². The van der Waals surface area contributed by atoms with Crippen LogP contribution < -0.4 is 33.6 Å². The van der Waals surface area contributed by atoms with Crippen LogP contribution in [0, 0.1) is 5.92 Å². The van der Waals surface area contributed by atoms with Crippen LogP contribution in [0.15, 0.2) is 4.99 Å². The van der Waals surface area contributed by atoms with Gasteiger partial charge in [0, 0.05) is 13.1 Å². The van der Waals surface area contributed by atoms with E-state index < -0.39 is 47.9 Å². The lowest BCUT2D eigenvalue weighted by atomic mass is 9.98. The van der Waals surface area contributed by atoms with Crippen LogP contribution >= 0.6 is 0 Å². The third-order valence-corrected chi connectivity index (χ3v) is 6.52. The van der Waals surface area contributed by atoms with Crippen molar-refractivity contribution in [1.29, 1.82) is 0 Å². The van der Waals surface area contributed by atoms with Crippen molar-refractivity contribution in [3.8, 4) is 0 Å². The minimum Gasteiger partial charge on any atom is -0.480 e. The molecular formula is C23H44N8O5. The molecule has 11 N–H and O–H groups in total. The number of aliphatic carboxylic acids is 1. The summed E-state index contributed by atoms with van der Waals surface area (Å²) in [5.74, 6) is -2.72. The monoisotopic (exact) mass is 512 g/mol. The first kappa shape index (κ1) is 31.1. The SMILES string of the molecule is CCC(C)C(N)C(=O)NC(CCCN=C(N)N)C(=O)NC(CCCCN)C(=O)N1CCCC1C(=O)O. The standard InChI is InChI=1S/C23H44N8O5/c1-3-14(2)18(25)20(33)29-15(9-6-12-28-23(26)27)19(32)30-16(8-4-5-11-24)21(34)31-13-7-10-17(31)22(35)36/h14-18H,3-13,24-25H2,1-2H3,(H,29,33)(H,30,32)(H,35,36)(H4,26,27,28). The number of nitrogens with zero attached hydrogens (tertiary/aromatic N) is 2. The van der Waals surface area contributed by atoms with E-state index in [1.54, 1.807) is 0 Å². The van der Waals surface area contributed by atoms with Crippen molar-refractivity contribution >= 4 is 29.7 Å². The summed E-state index contributed by atoms with van der Waals surface area (Å²) in [7, 11) is 0. The number of hydrogen-bond acceptors (Lipinski definition) is 7. The van der Waals surface area contributed by atoms with Gasteiger partial charge in [0.25, 0.3) is 0 Å². The Labute approximate surface area is 212 Å². The molecule has 1 heterocycles. The lowest BCUT2D eigenvalue weighted by Crippen LogP contribution is -2.57. The molecule has 13 nitrogen and oxygen atoms in total. The van der Waals surface area contributed by atoms with Crippen LogP contribution in [0.3, 0.4) is 0 Å². The fourth-order valence-electron chi connectivity index (χ4n) is 4.06. The molecular weight excluding hydrogens is 468 g/mol. The zero-order valence-corrected chi connectivity index (χ0v) is 21.4. The molecule has 1 aliphatic rings. The minimum absolute atomic E-state index is 0.0806.